The van der Waals surface area contributed by atoms with Crippen LogP contribution in [0.5, 0.6) is 0 Å². The van der Waals surface area contributed by atoms with Crippen LogP contribution in [-0.2, 0) is 16.0 Å². The number of amides is 1. The lowest BCUT2D eigenvalue weighted by atomic mass is 9.94. The van der Waals surface area contributed by atoms with E-state index in [0.717, 1.165) is 44.9 Å². The molecule has 0 bridgehead atoms. The van der Waals surface area contributed by atoms with Crippen molar-refractivity contribution in [2.24, 2.45) is 5.92 Å². The zero-order chi connectivity index (χ0) is 12.8. The molecule has 0 aliphatic carbocycles. The second-order valence-electron chi connectivity index (χ2n) is 4.86. The van der Waals surface area contributed by atoms with Gasteiger partial charge in [0.1, 0.15) is 0 Å². The van der Waals surface area contributed by atoms with Gasteiger partial charge in [-0.2, -0.15) is 0 Å². The minimum atomic E-state index is 0.280. The fourth-order valence-corrected chi connectivity index (χ4v) is 3.13. The Morgan fingerprint density at radius 3 is 2.89 bits per heavy atom. The summed E-state index contributed by atoms with van der Waals surface area (Å²) in [6.07, 6.45) is 3.95. The van der Waals surface area contributed by atoms with Gasteiger partial charge in [-0.1, -0.05) is 6.07 Å². The molecule has 0 atom stereocenters. The average molecular weight is 267 g/mol. The second-order valence-corrected chi connectivity index (χ2v) is 5.89. The van der Waals surface area contributed by atoms with E-state index < -0.39 is 0 Å². The van der Waals surface area contributed by atoms with E-state index >= 15 is 0 Å². The quantitative estimate of drug-likeness (QED) is 0.820. The van der Waals surface area contributed by atoms with E-state index in [-0.39, 0.29) is 5.91 Å². The van der Waals surface area contributed by atoms with Crippen molar-refractivity contribution < 1.29 is 9.53 Å². The van der Waals surface area contributed by atoms with Gasteiger partial charge in [0.15, 0.2) is 0 Å². The van der Waals surface area contributed by atoms with Crippen LogP contribution in [0.25, 0.3) is 0 Å². The summed E-state index contributed by atoms with van der Waals surface area (Å²) in [6.45, 7) is 2.67. The molecule has 4 heteroatoms. The molecule has 1 amide bonds. The summed E-state index contributed by atoms with van der Waals surface area (Å²) in [5.41, 5.74) is 0. The Kier molecular flexibility index (Phi) is 5.20. The smallest absolute Gasteiger partial charge is 0.227 e. The normalized spacial score (nSPS) is 17.1. The fourth-order valence-electron chi connectivity index (χ4n) is 2.43. The number of rotatable bonds is 5. The highest BCUT2D eigenvalue weighted by Crippen LogP contribution is 2.21. The van der Waals surface area contributed by atoms with Crippen molar-refractivity contribution in [2.75, 3.05) is 26.8 Å². The van der Waals surface area contributed by atoms with E-state index in [4.69, 9.17) is 4.74 Å². The Hall–Kier alpha value is -0.870. The number of thiophene rings is 1. The maximum absolute atomic E-state index is 12.1. The molecule has 0 aromatic carbocycles. The molecular weight excluding hydrogens is 246 g/mol. The number of carbonyl (C=O) groups excluding carboxylic acids is 1. The third-order valence-electron chi connectivity index (χ3n) is 3.60. The Labute approximate surface area is 113 Å². The molecule has 0 N–H and O–H groups in total. The van der Waals surface area contributed by atoms with Crippen molar-refractivity contribution in [3.63, 3.8) is 0 Å². The summed E-state index contributed by atoms with van der Waals surface area (Å²) in [4.78, 5) is 15.3. The number of methoxy groups -OCH3 is 1. The number of ether oxygens (including phenoxy) is 1. The third kappa shape index (κ3) is 3.82. The van der Waals surface area contributed by atoms with Gasteiger partial charge in [0, 0.05) is 31.7 Å². The highest BCUT2D eigenvalue weighted by atomic mass is 32.1. The zero-order valence-corrected chi connectivity index (χ0v) is 11.7. The lowest BCUT2D eigenvalue weighted by molar-refractivity contribution is -0.131. The first-order valence-corrected chi connectivity index (χ1v) is 7.46. The Balaban J connectivity index is 1.73. The molecule has 1 aromatic heterocycles. The lowest BCUT2D eigenvalue weighted by Crippen LogP contribution is -2.39. The number of hydrogen-bond donors (Lipinski definition) is 0. The van der Waals surface area contributed by atoms with Gasteiger partial charge in [-0.15, -0.1) is 11.3 Å². The minimum absolute atomic E-state index is 0.280. The van der Waals surface area contributed by atoms with E-state index in [0.29, 0.717) is 6.42 Å². The monoisotopic (exact) mass is 267 g/mol. The van der Waals surface area contributed by atoms with Crippen molar-refractivity contribution >= 4 is 17.2 Å². The van der Waals surface area contributed by atoms with Crippen LogP contribution in [0, 0.1) is 5.92 Å². The average Bonchev–Trinajstić information content (AvgIpc) is 2.89. The van der Waals surface area contributed by atoms with Gasteiger partial charge in [0.2, 0.25) is 5.91 Å². The van der Waals surface area contributed by atoms with Gasteiger partial charge in [0.25, 0.3) is 0 Å². The van der Waals surface area contributed by atoms with Crippen LogP contribution in [-0.4, -0.2) is 37.6 Å². The van der Waals surface area contributed by atoms with Gasteiger partial charge < -0.3 is 9.64 Å². The number of hydrogen-bond acceptors (Lipinski definition) is 3. The molecule has 0 spiro atoms. The molecule has 1 saturated heterocycles. The van der Waals surface area contributed by atoms with Crippen molar-refractivity contribution in [1.82, 2.24) is 4.90 Å². The topological polar surface area (TPSA) is 29.5 Å². The maximum Gasteiger partial charge on any atom is 0.227 e. The molecular formula is C14H21NO2S. The Bertz CT molecular complexity index is 356. The van der Waals surface area contributed by atoms with Gasteiger partial charge in [0.05, 0.1) is 6.42 Å². The molecule has 0 unspecified atom stereocenters. The number of carbonyl (C=O) groups is 1. The van der Waals surface area contributed by atoms with Crippen LogP contribution in [0.3, 0.4) is 0 Å². The van der Waals surface area contributed by atoms with Crippen LogP contribution in [0.1, 0.15) is 24.1 Å². The number of nitrogens with zero attached hydrogens (tertiary/aromatic N) is 1. The molecule has 100 valence electrons. The largest absolute Gasteiger partial charge is 0.385 e. The molecule has 1 fully saturated rings. The first kappa shape index (κ1) is 13.6. The van der Waals surface area contributed by atoms with Gasteiger partial charge >= 0.3 is 0 Å². The van der Waals surface area contributed by atoms with Crippen LogP contribution in [0.4, 0.5) is 0 Å². The van der Waals surface area contributed by atoms with Crippen LogP contribution in [0.15, 0.2) is 17.5 Å². The van der Waals surface area contributed by atoms with Crippen LogP contribution in [0.2, 0.25) is 0 Å². The van der Waals surface area contributed by atoms with Gasteiger partial charge in [-0.3, -0.25) is 4.79 Å². The minimum Gasteiger partial charge on any atom is -0.385 e. The van der Waals surface area contributed by atoms with E-state index in [9.17, 15) is 4.79 Å². The molecule has 1 aliphatic heterocycles. The molecule has 0 saturated carbocycles. The fraction of sp³-hybridized carbons (Fsp3) is 0.643. The standard InChI is InChI=1S/C14H21NO2S/c1-17-9-6-12-4-7-15(8-5-12)14(16)11-13-3-2-10-18-13/h2-3,10,12H,4-9,11H2,1H3. The van der Waals surface area contributed by atoms with Crippen molar-refractivity contribution in [1.29, 1.82) is 0 Å². The Morgan fingerprint density at radius 1 is 1.50 bits per heavy atom. The summed E-state index contributed by atoms with van der Waals surface area (Å²) < 4.78 is 5.11. The molecule has 0 radical (unpaired) electrons. The summed E-state index contributed by atoms with van der Waals surface area (Å²) >= 11 is 1.66. The van der Waals surface area contributed by atoms with E-state index in [1.807, 2.05) is 22.4 Å². The lowest BCUT2D eigenvalue weighted by Gasteiger charge is -2.32. The first-order chi connectivity index (χ1) is 8.79. The zero-order valence-electron chi connectivity index (χ0n) is 10.9. The van der Waals surface area contributed by atoms with Crippen molar-refractivity contribution in [3.05, 3.63) is 22.4 Å². The molecule has 1 aliphatic rings. The van der Waals surface area contributed by atoms with Gasteiger partial charge in [-0.25, -0.2) is 0 Å². The van der Waals surface area contributed by atoms with Crippen molar-refractivity contribution in [3.8, 4) is 0 Å². The predicted molar refractivity (Wildman–Crippen MR) is 73.8 cm³/mol. The first-order valence-electron chi connectivity index (χ1n) is 6.58. The predicted octanol–water partition coefficient (Wildman–Crippen LogP) is 2.57. The summed E-state index contributed by atoms with van der Waals surface area (Å²) in [5.74, 6) is 1.01. The highest BCUT2D eigenvalue weighted by Gasteiger charge is 2.22. The van der Waals surface area contributed by atoms with Gasteiger partial charge in [-0.05, 0) is 36.6 Å². The van der Waals surface area contributed by atoms with E-state index in [1.165, 1.54) is 4.88 Å². The summed E-state index contributed by atoms with van der Waals surface area (Å²) in [6, 6.07) is 4.04. The molecule has 2 rings (SSSR count). The molecule has 18 heavy (non-hydrogen) atoms. The van der Waals surface area contributed by atoms with E-state index in [1.54, 1.807) is 18.4 Å². The maximum atomic E-state index is 12.1. The summed E-state index contributed by atoms with van der Waals surface area (Å²) in [5, 5.41) is 2.03. The number of piperidine rings is 1. The molecule has 3 nitrogen and oxygen atoms in total. The highest BCUT2D eigenvalue weighted by molar-refractivity contribution is 7.10. The summed E-state index contributed by atoms with van der Waals surface area (Å²) in [7, 11) is 1.75. The second kappa shape index (κ2) is 6.90. The van der Waals surface area contributed by atoms with E-state index in [2.05, 4.69) is 0 Å². The van der Waals surface area contributed by atoms with Crippen LogP contribution >= 0.6 is 11.3 Å². The Morgan fingerprint density at radius 2 is 2.28 bits per heavy atom. The number of likely N-dealkylation sites (tertiary alicyclic amines) is 1. The SMILES string of the molecule is COCCC1CCN(C(=O)Cc2cccs2)CC1. The third-order valence-corrected chi connectivity index (χ3v) is 4.48. The molecule has 1 aromatic rings. The molecule has 2 heterocycles. The van der Waals surface area contributed by atoms with Crippen LogP contribution < -0.4 is 0 Å². The van der Waals surface area contributed by atoms with Crippen molar-refractivity contribution in [2.45, 2.75) is 25.7 Å².